The summed E-state index contributed by atoms with van der Waals surface area (Å²) in [5.41, 5.74) is 24.0. The molecule has 2 aliphatic heterocycles. The van der Waals surface area contributed by atoms with Crippen LogP contribution in [0.1, 0.15) is 44.5 Å². The minimum atomic E-state index is -0.467. The van der Waals surface area contributed by atoms with Crippen molar-refractivity contribution in [2.24, 2.45) is 0 Å². The molecule has 2 nitrogen and oxygen atoms in total. The maximum absolute atomic E-state index is 2.52. The molecule has 0 amide bonds. The number of hydrogen-bond donors (Lipinski definition) is 0. The number of benzene rings is 12. The second-order valence-electron chi connectivity index (χ2n) is 21.0. The van der Waals surface area contributed by atoms with Crippen molar-refractivity contribution in [3.8, 4) is 39.1 Å². The third kappa shape index (κ3) is 5.96. The smallest absolute Gasteiger partial charge is 0.0735 e. The fraction of sp³-hybridized carbons (Fsp3) is 0.0270. The third-order valence-electron chi connectivity index (χ3n) is 17.3. The summed E-state index contributed by atoms with van der Waals surface area (Å²) in [6, 6.07) is 105. The summed E-state index contributed by atoms with van der Waals surface area (Å²) in [4.78, 5) is 7.74. The Hall–Kier alpha value is -9.06. The molecular weight excluding hydrogens is 981 g/mol. The van der Waals surface area contributed by atoms with Crippen LogP contribution in [0.4, 0.5) is 17.1 Å². The van der Waals surface area contributed by atoms with E-state index in [4.69, 9.17) is 0 Å². The molecule has 1 aromatic heterocycles. The molecule has 2 spiro atoms. The summed E-state index contributed by atoms with van der Waals surface area (Å²) >= 11 is 3.78. The van der Waals surface area contributed by atoms with Crippen molar-refractivity contribution in [3.63, 3.8) is 0 Å². The Kier molecular flexibility index (Phi) is 9.45. The van der Waals surface area contributed by atoms with Crippen LogP contribution in [-0.4, -0.2) is 4.57 Å². The standard InChI is InChI=1S/C74H46N2S2/c1-2-20-49(21-3-1)76-67-32-13-6-25-55(67)56-40-37-48(44-68(56)76)47-19-18-22-50(43-47)75(51-38-41-61-57(45-51)53-23-4-7-26-59(53)73(61)63-28-9-14-33-69(63)77-70-34-15-10-29-64(70)73)52-39-42-62-58(46-52)54-24-5-8-27-60(54)74(62)65-30-11-16-35-71(65)78-72-36-17-12-31-66(72)74/h1-46H. The molecule has 4 aliphatic rings. The number of anilines is 3. The molecule has 364 valence electrons. The second-order valence-corrected chi connectivity index (χ2v) is 23.2. The predicted molar refractivity (Wildman–Crippen MR) is 324 cm³/mol. The van der Waals surface area contributed by atoms with Crippen LogP contribution in [0.2, 0.25) is 0 Å². The zero-order valence-electron chi connectivity index (χ0n) is 42.3. The maximum Gasteiger partial charge on any atom is 0.0735 e. The Bertz CT molecular complexity index is 4370. The lowest BCUT2D eigenvalue weighted by molar-refractivity contribution is 0.722. The fourth-order valence-corrected chi connectivity index (χ4v) is 16.6. The average molecular weight is 1030 g/mol. The van der Waals surface area contributed by atoms with E-state index in [1.165, 1.54) is 114 Å². The third-order valence-corrected chi connectivity index (χ3v) is 19.6. The number of rotatable bonds is 5. The average Bonchev–Trinajstić information content (AvgIpc) is 4.16. The molecule has 17 rings (SSSR count). The molecule has 3 heterocycles. The largest absolute Gasteiger partial charge is 0.310 e. The Morgan fingerprint density at radius 3 is 1.24 bits per heavy atom. The quantitative estimate of drug-likeness (QED) is 0.170. The zero-order chi connectivity index (χ0) is 51.1. The van der Waals surface area contributed by atoms with Crippen LogP contribution in [0.25, 0.3) is 60.9 Å². The van der Waals surface area contributed by atoms with Crippen LogP contribution in [0.5, 0.6) is 0 Å². The van der Waals surface area contributed by atoms with Gasteiger partial charge in [-0.15, -0.1) is 0 Å². The number of fused-ring (bicyclic) bond motifs is 21. The van der Waals surface area contributed by atoms with Crippen molar-refractivity contribution >= 4 is 62.4 Å². The van der Waals surface area contributed by atoms with Gasteiger partial charge >= 0.3 is 0 Å². The van der Waals surface area contributed by atoms with E-state index in [9.17, 15) is 0 Å². The van der Waals surface area contributed by atoms with Gasteiger partial charge in [0.15, 0.2) is 0 Å². The first-order valence-corrected chi connectivity index (χ1v) is 28.5. The molecular formula is C74H46N2S2. The van der Waals surface area contributed by atoms with Gasteiger partial charge in [-0.05, 0) is 163 Å². The van der Waals surface area contributed by atoms with Crippen molar-refractivity contribution < 1.29 is 0 Å². The molecule has 2 aliphatic carbocycles. The molecule has 0 saturated carbocycles. The Morgan fingerprint density at radius 1 is 0.269 bits per heavy atom. The van der Waals surface area contributed by atoms with E-state index in [-0.39, 0.29) is 0 Å². The summed E-state index contributed by atoms with van der Waals surface area (Å²) in [5, 5.41) is 2.49. The van der Waals surface area contributed by atoms with Gasteiger partial charge in [0.2, 0.25) is 0 Å². The first kappa shape index (κ1) is 44.1. The normalized spacial score (nSPS) is 14.3. The van der Waals surface area contributed by atoms with E-state index in [2.05, 4.69) is 289 Å². The van der Waals surface area contributed by atoms with Gasteiger partial charge in [0, 0.05) is 53.1 Å². The minimum absolute atomic E-state index is 0.467. The van der Waals surface area contributed by atoms with Crippen molar-refractivity contribution in [3.05, 3.63) is 324 Å². The highest BCUT2D eigenvalue weighted by Crippen LogP contribution is 2.65. The van der Waals surface area contributed by atoms with Crippen LogP contribution in [0.3, 0.4) is 0 Å². The summed E-state index contributed by atoms with van der Waals surface area (Å²) in [6.07, 6.45) is 0. The van der Waals surface area contributed by atoms with Gasteiger partial charge in [-0.1, -0.05) is 218 Å². The zero-order valence-corrected chi connectivity index (χ0v) is 43.9. The topological polar surface area (TPSA) is 8.17 Å². The summed E-state index contributed by atoms with van der Waals surface area (Å²) in [5.74, 6) is 0. The highest BCUT2D eigenvalue weighted by molar-refractivity contribution is 7.99. The monoisotopic (exact) mass is 1030 g/mol. The van der Waals surface area contributed by atoms with Crippen LogP contribution >= 0.6 is 23.5 Å². The van der Waals surface area contributed by atoms with Crippen LogP contribution < -0.4 is 4.90 Å². The molecule has 4 heteroatoms. The molecule has 0 N–H and O–H groups in total. The van der Waals surface area contributed by atoms with Crippen molar-refractivity contribution in [1.82, 2.24) is 4.57 Å². The predicted octanol–water partition coefficient (Wildman–Crippen LogP) is 19.6. The lowest BCUT2D eigenvalue weighted by Crippen LogP contribution is -2.32. The van der Waals surface area contributed by atoms with Gasteiger partial charge in [-0.25, -0.2) is 0 Å². The maximum atomic E-state index is 2.52. The highest BCUT2D eigenvalue weighted by Gasteiger charge is 2.52. The SMILES string of the molecule is c1ccc(-n2c3ccccc3c3ccc(-c4cccc(N(c5ccc6c(c5)-c5ccccc5C65c6ccccc6Sc6ccccc65)c5ccc6c(c5)-c5ccccc5C65c6ccccc6Sc6ccccc65)c4)cc32)cc1. The summed E-state index contributed by atoms with van der Waals surface area (Å²) in [6.45, 7) is 0. The van der Waals surface area contributed by atoms with Crippen molar-refractivity contribution in [2.45, 2.75) is 30.4 Å². The van der Waals surface area contributed by atoms with E-state index in [0.29, 0.717) is 0 Å². The van der Waals surface area contributed by atoms with Gasteiger partial charge in [0.25, 0.3) is 0 Å². The molecule has 12 aromatic carbocycles. The number of aromatic nitrogens is 1. The van der Waals surface area contributed by atoms with Gasteiger partial charge in [0.1, 0.15) is 0 Å². The van der Waals surface area contributed by atoms with Gasteiger partial charge in [0.05, 0.1) is 21.9 Å². The lowest BCUT2D eigenvalue weighted by Gasteiger charge is -2.40. The van der Waals surface area contributed by atoms with E-state index in [1.807, 2.05) is 23.5 Å². The second kappa shape index (κ2) is 16.7. The van der Waals surface area contributed by atoms with Crippen LogP contribution in [0.15, 0.2) is 299 Å². The van der Waals surface area contributed by atoms with Gasteiger partial charge in [-0.3, -0.25) is 0 Å². The first-order chi connectivity index (χ1) is 38.7. The van der Waals surface area contributed by atoms with Crippen molar-refractivity contribution in [1.29, 1.82) is 0 Å². The summed E-state index contributed by atoms with van der Waals surface area (Å²) < 4.78 is 2.41. The first-order valence-electron chi connectivity index (χ1n) is 26.9. The summed E-state index contributed by atoms with van der Waals surface area (Å²) in [7, 11) is 0. The van der Waals surface area contributed by atoms with Crippen LogP contribution in [-0.2, 0) is 10.8 Å². The lowest BCUT2D eigenvalue weighted by atomic mass is 9.67. The Balaban J connectivity index is 0.901. The van der Waals surface area contributed by atoms with E-state index < -0.39 is 10.8 Å². The molecule has 13 aromatic rings. The number of nitrogens with zero attached hydrogens (tertiary/aromatic N) is 2. The number of hydrogen-bond acceptors (Lipinski definition) is 3. The molecule has 0 saturated heterocycles. The minimum Gasteiger partial charge on any atom is -0.310 e. The van der Waals surface area contributed by atoms with Gasteiger partial charge < -0.3 is 9.47 Å². The molecule has 0 fully saturated rings. The van der Waals surface area contributed by atoms with Crippen molar-refractivity contribution in [2.75, 3.05) is 4.90 Å². The Morgan fingerprint density at radius 2 is 0.692 bits per heavy atom. The Labute approximate surface area is 461 Å². The van der Waals surface area contributed by atoms with Crippen LogP contribution in [0, 0.1) is 0 Å². The highest BCUT2D eigenvalue weighted by atomic mass is 32.2. The molecule has 0 bridgehead atoms. The molecule has 0 unspecified atom stereocenters. The molecule has 78 heavy (non-hydrogen) atoms. The molecule has 0 atom stereocenters. The van der Waals surface area contributed by atoms with Gasteiger partial charge in [-0.2, -0.15) is 0 Å². The molecule has 0 radical (unpaired) electrons. The van der Waals surface area contributed by atoms with E-state index in [0.717, 1.165) is 28.3 Å². The van der Waals surface area contributed by atoms with E-state index in [1.54, 1.807) is 0 Å². The van der Waals surface area contributed by atoms with E-state index >= 15 is 0 Å². The fourth-order valence-electron chi connectivity index (χ4n) is 14.2. The number of para-hydroxylation sites is 2.